The number of rotatable bonds is 11. The van der Waals surface area contributed by atoms with Crippen LogP contribution in [0.25, 0.3) is 0 Å². The van der Waals surface area contributed by atoms with Crippen LogP contribution in [0, 0.1) is 22.7 Å². The Labute approximate surface area is 190 Å². The first-order valence-corrected chi connectivity index (χ1v) is 14.4. The first-order valence-electron chi connectivity index (χ1n) is 11.8. The van der Waals surface area contributed by atoms with Gasteiger partial charge in [-0.3, -0.25) is 4.79 Å². The quantitative estimate of drug-likeness (QED) is 0.223. The van der Waals surface area contributed by atoms with E-state index in [1.165, 1.54) is 17.2 Å². The van der Waals surface area contributed by atoms with Crippen molar-refractivity contribution in [1.29, 1.82) is 5.26 Å². The molecule has 1 fully saturated rings. The number of hydrogen-bond acceptors (Lipinski definition) is 5. The average molecular weight is 448 g/mol. The minimum Gasteiger partial charge on any atom is -0.416 e. The lowest BCUT2D eigenvalue weighted by Crippen LogP contribution is -2.47. The van der Waals surface area contributed by atoms with Gasteiger partial charge in [-0.25, -0.2) is 0 Å². The summed E-state index contributed by atoms with van der Waals surface area (Å²) in [6.07, 6.45) is 3.72. The van der Waals surface area contributed by atoms with Crippen molar-refractivity contribution in [3.05, 3.63) is 23.8 Å². The lowest BCUT2D eigenvalue weighted by molar-refractivity contribution is -0.136. The van der Waals surface area contributed by atoms with Gasteiger partial charge in [0, 0.05) is 24.4 Å². The van der Waals surface area contributed by atoms with E-state index in [0.29, 0.717) is 32.5 Å². The van der Waals surface area contributed by atoms with Crippen molar-refractivity contribution in [3.8, 4) is 6.07 Å². The molecule has 0 radical (unpaired) electrons. The fourth-order valence-electron chi connectivity index (χ4n) is 5.44. The van der Waals surface area contributed by atoms with Gasteiger partial charge in [0.05, 0.1) is 12.7 Å². The molecular formula is C25H41NO4Si. The van der Waals surface area contributed by atoms with Crippen molar-refractivity contribution < 1.29 is 18.7 Å². The maximum atomic E-state index is 13.3. The number of carbonyl (C=O) groups excluding carboxylic acids is 1. The molecule has 0 aromatic carbocycles. The maximum absolute atomic E-state index is 13.3. The molecule has 0 saturated carbocycles. The van der Waals surface area contributed by atoms with Gasteiger partial charge in [0.25, 0.3) is 0 Å². The fourth-order valence-corrected chi connectivity index (χ4v) is 8.07. The number of carbonyl (C=O) groups is 1. The van der Waals surface area contributed by atoms with Crippen LogP contribution >= 0.6 is 0 Å². The topological polar surface area (TPSA) is 68.6 Å². The third kappa shape index (κ3) is 5.39. The largest absolute Gasteiger partial charge is 0.416 e. The van der Waals surface area contributed by atoms with E-state index in [0.717, 1.165) is 24.6 Å². The van der Waals surface area contributed by atoms with Crippen LogP contribution in [-0.4, -0.2) is 39.2 Å². The van der Waals surface area contributed by atoms with E-state index < -0.39 is 19.5 Å². The van der Waals surface area contributed by atoms with Gasteiger partial charge in [0.1, 0.15) is 6.10 Å². The molecule has 5 nitrogen and oxygen atoms in total. The van der Waals surface area contributed by atoms with Gasteiger partial charge >= 0.3 is 0 Å². The predicted molar refractivity (Wildman–Crippen MR) is 126 cm³/mol. The number of ether oxygens (including phenoxy) is 2. The Hall–Kier alpha value is -1.26. The second kappa shape index (κ2) is 10.6. The second-order valence-corrected chi connectivity index (χ2v) is 14.3. The predicted octanol–water partition coefficient (Wildman–Crippen LogP) is 5.93. The van der Waals surface area contributed by atoms with Crippen LogP contribution in [0.15, 0.2) is 23.8 Å². The second-order valence-electron chi connectivity index (χ2n) is 9.52. The van der Waals surface area contributed by atoms with Gasteiger partial charge < -0.3 is 13.9 Å². The van der Waals surface area contributed by atoms with E-state index in [9.17, 15) is 10.1 Å². The molecule has 0 aromatic rings. The number of allylic oxidation sites excluding steroid dienone is 1. The number of hydrogen-bond donors (Lipinski definition) is 0. The van der Waals surface area contributed by atoms with Crippen LogP contribution in [0.5, 0.6) is 0 Å². The Balaban J connectivity index is 2.48. The number of nitriles is 1. The first-order chi connectivity index (χ1) is 14.6. The third-order valence-electron chi connectivity index (χ3n) is 7.78. The van der Waals surface area contributed by atoms with E-state index in [2.05, 4.69) is 40.3 Å². The smallest absolute Gasteiger partial charge is 0.192 e. The van der Waals surface area contributed by atoms with Crippen LogP contribution in [0.1, 0.15) is 67.2 Å². The zero-order valence-electron chi connectivity index (χ0n) is 20.4. The number of ketones is 1. The van der Waals surface area contributed by atoms with E-state index in [-0.39, 0.29) is 17.8 Å². The SMILES string of the molecule is C=CC(=O)[C@@]1(CCC#N)CCC([C@@H]2COC(C)(C)O2)=C(C)[C@H]1CO[Si](CC)(CC)CC. The molecule has 1 heterocycles. The summed E-state index contributed by atoms with van der Waals surface area (Å²) >= 11 is 0. The summed E-state index contributed by atoms with van der Waals surface area (Å²) in [6, 6.07) is 5.46. The van der Waals surface area contributed by atoms with Crippen LogP contribution in [0.3, 0.4) is 0 Å². The van der Waals surface area contributed by atoms with Crippen molar-refractivity contribution >= 4 is 14.1 Å². The molecular weight excluding hydrogens is 406 g/mol. The van der Waals surface area contributed by atoms with E-state index in [1.807, 2.05) is 13.8 Å². The fraction of sp³-hybridized carbons (Fsp3) is 0.760. The number of nitrogens with zero attached hydrogens (tertiary/aromatic N) is 1. The minimum absolute atomic E-state index is 0.0374. The molecule has 2 aliphatic rings. The molecule has 174 valence electrons. The highest BCUT2D eigenvalue weighted by molar-refractivity contribution is 6.73. The molecule has 31 heavy (non-hydrogen) atoms. The van der Waals surface area contributed by atoms with Crippen molar-refractivity contribution in [2.24, 2.45) is 11.3 Å². The molecule has 6 heteroatoms. The van der Waals surface area contributed by atoms with Crippen molar-refractivity contribution in [2.45, 2.75) is 97.2 Å². The molecule has 1 aliphatic heterocycles. The van der Waals surface area contributed by atoms with E-state index in [4.69, 9.17) is 13.9 Å². The molecule has 0 aromatic heterocycles. The van der Waals surface area contributed by atoms with E-state index >= 15 is 0 Å². The van der Waals surface area contributed by atoms with Crippen LogP contribution in [0.4, 0.5) is 0 Å². The summed E-state index contributed by atoms with van der Waals surface area (Å²) in [5, 5.41) is 9.31. The summed E-state index contributed by atoms with van der Waals surface area (Å²) in [5.41, 5.74) is 1.78. The molecule has 0 unspecified atom stereocenters. The Morgan fingerprint density at radius 3 is 2.45 bits per heavy atom. The van der Waals surface area contributed by atoms with Crippen molar-refractivity contribution in [3.63, 3.8) is 0 Å². The van der Waals surface area contributed by atoms with Crippen LogP contribution in [-0.2, 0) is 18.7 Å². The van der Waals surface area contributed by atoms with E-state index in [1.54, 1.807) is 0 Å². The lowest BCUT2D eigenvalue weighted by atomic mass is 9.59. The summed E-state index contributed by atoms with van der Waals surface area (Å²) in [7, 11) is -1.83. The van der Waals surface area contributed by atoms with Crippen molar-refractivity contribution in [2.75, 3.05) is 13.2 Å². The average Bonchev–Trinajstić information content (AvgIpc) is 3.13. The first kappa shape index (κ1) is 26.0. The highest BCUT2D eigenvalue weighted by atomic mass is 28.4. The Kier molecular flexibility index (Phi) is 8.86. The highest BCUT2D eigenvalue weighted by Crippen LogP contribution is 2.50. The zero-order chi connectivity index (χ0) is 23.3. The highest BCUT2D eigenvalue weighted by Gasteiger charge is 2.50. The Morgan fingerprint density at radius 1 is 1.32 bits per heavy atom. The maximum Gasteiger partial charge on any atom is 0.192 e. The van der Waals surface area contributed by atoms with Gasteiger partial charge in [0.2, 0.25) is 0 Å². The summed E-state index contributed by atoms with van der Waals surface area (Å²) in [6.45, 7) is 17.5. The Bertz CT molecular complexity index is 726. The monoisotopic (exact) mass is 447 g/mol. The van der Waals surface area contributed by atoms with Crippen molar-refractivity contribution in [1.82, 2.24) is 0 Å². The molecule has 0 N–H and O–H groups in total. The Morgan fingerprint density at radius 2 is 1.97 bits per heavy atom. The molecule has 0 bridgehead atoms. The normalized spacial score (nSPS) is 28.4. The minimum atomic E-state index is -1.83. The van der Waals surface area contributed by atoms with Crippen LogP contribution < -0.4 is 0 Å². The standard InChI is InChI=1S/C25H41NO4Si/c1-8-23(27)25(14-12-16-26)15-13-20(22-18-28-24(6,7)30-22)19(5)21(25)17-29-31(9-2,10-3)11-4/h8,21-22H,1,9-15,17-18H2,2-7H3/t21-,22+,25+/m1/s1. The molecule has 2 rings (SSSR count). The molecule has 3 atom stereocenters. The third-order valence-corrected chi connectivity index (χ3v) is 12.4. The summed E-state index contributed by atoms with van der Waals surface area (Å²) in [5.74, 6) is -0.625. The summed E-state index contributed by atoms with van der Waals surface area (Å²) in [4.78, 5) is 13.3. The molecule has 0 spiro atoms. The zero-order valence-corrected chi connectivity index (χ0v) is 21.4. The van der Waals surface area contributed by atoms with Crippen LogP contribution in [0.2, 0.25) is 18.1 Å². The van der Waals surface area contributed by atoms with Gasteiger partial charge in [-0.15, -0.1) is 0 Å². The van der Waals surface area contributed by atoms with Gasteiger partial charge in [-0.1, -0.05) is 32.9 Å². The van der Waals surface area contributed by atoms with Gasteiger partial charge in [-0.2, -0.15) is 5.26 Å². The lowest BCUT2D eigenvalue weighted by Gasteiger charge is -2.46. The summed E-state index contributed by atoms with van der Waals surface area (Å²) < 4.78 is 18.7. The molecule has 1 saturated heterocycles. The van der Waals surface area contributed by atoms with Gasteiger partial charge in [-0.05, 0) is 69.8 Å². The molecule has 1 aliphatic carbocycles. The molecule has 0 amide bonds. The van der Waals surface area contributed by atoms with Gasteiger partial charge in [0.15, 0.2) is 19.9 Å².